The van der Waals surface area contributed by atoms with Crippen molar-refractivity contribution < 1.29 is 26.3 Å². The Balaban J connectivity index is 1.65. The van der Waals surface area contributed by atoms with Crippen molar-refractivity contribution in [3.05, 3.63) is 165 Å². The second-order valence-corrected chi connectivity index (χ2v) is 12.9. The summed E-state index contributed by atoms with van der Waals surface area (Å²) in [4.78, 5) is 0.745. The van der Waals surface area contributed by atoms with Crippen LogP contribution in [-0.2, 0) is 0 Å². The highest BCUT2D eigenvalue weighted by Crippen LogP contribution is 2.64. The summed E-state index contributed by atoms with van der Waals surface area (Å²) in [7, 11) is 0. The van der Waals surface area contributed by atoms with Crippen molar-refractivity contribution in [1.82, 2.24) is 0 Å². The van der Waals surface area contributed by atoms with E-state index in [0.29, 0.717) is 37.7 Å². The number of benzene rings is 4. The normalized spacial score (nSPS) is 17.3. The van der Waals surface area contributed by atoms with Crippen LogP contribution in [-0.4, -0.2) is 17.8 Å². The van der Waals surface area contributed by atoms with E-state index in [1.165, 1.54) is 12.1 Å². The van der Waals surface area contributed by atoms with Crippen molar-refractivity contribution in [3.8, 4) is 10.4 Å². The quantitative estimate of drug-likeness (QED) is 0.0933. The van der Waals surface area contributed by atoms with Crippen LogP contribution < -0.4 is 0 Å². The molecule has 0 saturated heterocycles. The van der Waals surface area contributed by atoms with Gasteiger partial charge in [-0.05, 0) is 52.9 Å². The minimum atomic E-state index is -5.68. The van der Waals surface area contributed by atoms with E-state index in [1.54, 1.807) is 115 Å². The predicted octanol–water partition coefficient (Wildman–Crippen LogP) is 12.7. The Bertz CT molecular complexity index is 1980. The van der Waals surface area contributed by atoms with Gasteiger partial charge in [-0.1, -0.05) is 121 Å². The molecule has 1 aromatic heterocycles. The van der Waals surface area contributed by atoms with Crippen molar-refractivity contribution in [1.29, 1.82) is 0 Å². The Labute approximate surface area is 282 Å². The summed E-state index contributed by atoms with van der Waals surface area (Å²) in [6.45, 7) is 0. The summed E-state index contributed by atoms with van der Waals surface area (Å²) in [6, 6.07) is 34.0. The number of hydrogen-bond acceptors (Lipinski definition) is 2. The van der Waals surface area contributed by atoms with Gasteiger partial charge in [-0.15, -0.1) is 24.0 Å². The lowest BCUT2D eigenvalue weighted by Gasteiger charge is -2.26. The smallest absolute Gasteiger partial charge is 0.194 e. The van der Waals surface area contributed by atoms with Gasteiger partial charge >= 0.3 is 17.8 Å². The lowest BCUT2D eigenvalue weighted by atomic mass is 9.92. The van der Waals surface area contributed by atoms with Gasteiger partial charge < -0.3 is 0 Å². The molecule has 0 spiro atoms. The number of thiol groups is 1. The molecule has 0 nitrogen and oxygen atoms in total. The Hall–Kier alpha value is -3.98. The molecule has 0 radical (unpaired) electrons. The topological polar surface area (TPSA) is 0 Å². The van der Waals surface area contributed by atoms with Gasteiger partial charge in [-0.2, -0.15) is 26.3 Å². The molecule has 6 rings (SSSR count). The maximum absolute atomic E-state index is 16.0. The van der Waals surface area contributed by atoms with Gasteiger partial charge in [0.2, 0.25) is 0 Å². The average Bonchev–Trinajstić information content (AvgIpc) is 3.54. The standard InChI is InChI=1S/C38H25ClF6S2/c39-28-18-16-27(17-19-28)33-23-30(35(47-33)29(25-12-6-2-7-13-25)22-24-10-4-1-5-11-24)34-31(36(40,41)38(44,45)37(34,42)43)20-21-32(46)26-14-8-3-9-15-26/h1-19,21-23,46H,20H2/b29-22+,32-21-. The molecule has 0 amide bonds. The fraction of sp³-hybridized carbons (Fsp3) is 0.105. The van der Waals surface area contributed by atoms with Gasteiger partial charge in [0.1, 0.15) is 0 Å². The first-order valence-electron chi connectivity index (χ1n) is 14.5. The van der Waals surface area contributed by atoms with Crippen molar-refractivity contribution >= 4 is 57.7 Å². The van der Waals surface area contributed by atoms with Crippen molar-refractivity contribution in [2.24, 2.45) is 0 Å². The third kappa shape index (κ3) is 6.10. The van der Waals surface area contributed by atoms with Crippen molar-refractivity contribution in [3.63, 3.8) is 0 Å². The van der Waals surface area contributed by atoms with Gasteiger partial charge in [-0.3, -0.25) is 0 Å². The maximum Gasteiger partial charge on any atom is 0.380 e. The van der Waals surface area contributed by atoms with E-state index in [2.05, 4.69) is 12.6 Å². The zero-order valence-electron chi connectivity index (χ0n) is 24.4. The molecule has 0 unspecified atom stereocenters. The zero-order valence-corrected chi connectivity index (χ0v) is 26.9. The van der Waals surface area contributed by atoms with Gasteiger partial charge in [0, 0.05) is 42.0 Å². The van der Waals surface area contributed by atoms with Crippen molar-refractivity contribution in [2.45, 2.75) is 24.2 Å². The largest absolute Gasteiger partial charge is 0.380 e. The maximum atomic E-state index is 16.0. The van der Waals surface area contributed by atoms with Crippen LogP contribution in [0.15, 0.2) is 133 Å². The molecule has 47 heavy (non-hydrogen) atoms. The van der Waals surface area contributed by atoms with Crippen LogP contribution >= 0.6 is 35.6 Å². The zero-order chi connectivity index (χ0) is 33.4. The van der Waals surface area contributed by atoms with Crippen LogP contribution in [0.1, 0.15) is 33.6 Å². The Morgan fingerprint density at radius 1 is 0.702 bits per heavy atom. The molecule has 9 heteroatoms. The van der Waals surface area contributed by atoms with E-state index < -0.39 is 40.9 Å². The summed E-state index contributed by atoms with van der Waals surface area (Å²) in [5, 5.41) is 0.430. The van der Waals surface area contributed by atoms with Gasteiger partial charge in [0.25, 0.3) is 0 Å². The van der Waals surface area contributed by atoms with Crippen molar-refractivity contribution in [2.75, 3.05) is 0 Å². The summed E-state index contributed by atoms with van der Waals surface area (Å²) < 4.78 is 94.1. The SMILES string of the molecule is FC1(F)C(C/C=C(\S)c2ccccc2)=C(c2cc(-c3ccc(Cl)cc3)sc2/C(=C/c2ccccc2)c2ccccc2)C(F)(F)C1(F)F. The number of rotatable bonds is 8. The van der Waals surface area contributed by atoms with Gasteiger partial charge in [0.05, 0.1) is 0 Å². The van der Waals surface area contributed by atoms with Gasteiger partial charge in [-0.25, -0.2) is 0 Å². The number of halogens is 7. The van der Waals surface area contributed by atoms with Gasteiger partial charge in [0.15, 0.2) is 0 Å². The number of allylic oxidation sites excluding steroid dienone is 3. The van der Waals surface area contributed by atoms with Crippen LogP contribution in [0.4, 0.5) is 26.3 Å². The predicted molar refractivity (Wildman–Crippen MR) is 184 cm³/mol. The van der Waals surface area contributed by atoms with E-state index in [4.69, 9.17) is 11.6 Å². The number of thiophene rings is 1. The molecular weight excluding hydrogens is 670 g/mol. The van der Waals surface area contributed by atoms with Crippen LogP contribution in [0.25, 0.3) is 32.6 Å². The van der Waals surface area contributed by atoms with Crippen LogP contribution in [0, 0.1) is 0 Å². The summed E-state index contributed by atoms with van der Waals surface area (Å²) in [6.07, 6.45) is 2.03. The first-order valence-corrected chi connectivity index (χ1v) is 16.1. The molecule has 0 fully saturated rings. The summed E-state index contributed by atoms with van der Waals surface area (Å²) in [5.74, 6) is -16.0. The molecule has 0 N–H and O–H groups in total. The molecule has 4 aromatic carbocycles. The highest BCUT2D eigenvalue weighted by molar-refractivity contribution is 7.90. The number of hydrogen-bond donors (Lipinski definition) is 1. The third-order valence-electron chi connectivity index (χ3n) is 7.92. The molecule has 238 valence electrons. The highest BCUT2D eigenvalue weighted by Gasteiger charge is 2.79. The van der Waals surface area contributed by atoms with E-state index in [1.807, 2.05) is 6.07 Å². The fourth-order valence-corrected chi connectivity index (χ4v) is 7.10. The molecular formula is C38H25ClF6S2. The highest BCUT2D eigenvalue weighted by atomic mass is 35.5. The lowest BCUT2D eigenvalue weighted by molar-refractivity contribution is -0.260. The third-order valence-corrected chi connectivity index (χ3v) is 9.83. The van der Waals surface area contributed by atoms with E-state index in [-0.39, 0.29) is 9.78 Å². The number of alkyl halides is 6. The summed E-state index contributed by atoms with van der Waals surface area (Å²) >= 11 is 11.5. The molecule has 0 bridgehead atoms. The van der Waals surface area contributed by atoms with Crippen LogP contribution in [0.3, 0.4) is 0 Å². The molecule has 0 atom stereocenters. The molecule has 1 aliphatic rings. The molecule has 1 aliphatic carbocycles. The molecule has 0 saturated carbocycles. The first kappa shape index (κ1) is 32.9. The van der Waals surface area contributed by atoms with Crippen LogP contribution in [0.5, 0.6) is 0 Å². The Morgan fingerprint density at radius 3 is 1.85 bits per heavy atom. The lowest BCUT2D eigenvalue weighted by Crippen LogP contribution is -2.49. The molecule has 0 aliphatic heterocycles. The Morgan fingerprint density at radius 2 is 1.26 bits per heavy atom. The minimum Gasteiger partial charge on any atom is -0.194 e. The Kier molecular flexibility index (Phi) is 9.04. The van der Waals surface area contributed by atoms with E-state index in [9.17, 15) is 0 Å². The second-order valence-electron chi connectivity index (χ2n) is 10.9. The fourth-order valence-electron chi connectivity index (χ4n) is 5.52. The van der Waals surface area contributed by atoms with E-state index in [0.717, 1.165) is 11.3 Å². The minimum absolute atomic E-state index is 0.142. The van der Waals surface area contributed by atoms with Crippen LogP contribution in [0.2, 0.25) is 5.02 Å². The average molecular weight is 695 g/mol. The molecule has 1 heterocycles. The first-order chi connectivity index (χ1) is 22.4. The molecule has 5 aromatic rings. The second kappa shape index (κ2) is 12.9. The summed E-state index contributed by atoms with van der Waals surface area (Å²) in [5.41, 5.74) is -0.357. The van der Waals surface area contributed by atoms with E-state index >= 15 is 26.3 Å². The monoisotopic (exact) mass is 694 g/mol.